The van der Waals surface area contributed by atoms with Crippen LogP contribution in [0.3, 0.4) is 0 Å². The van der Waals surface area contributed by atoms with Gasteiger partial charge in [0.1, 0.15) is 0 Å². The van der Waals surface area contributed by atoms with E-state index in [1.807, 2.05) is 53.7 Å². The van der Waals surface area contributed by atoms with E-state index in [1.54, 1.807) is 9.80 Å². The summed E-state index contributed by atoms with van der Waals surface area (Å²) >= 11 is 6.79. The third kappa shape index (κ3) is 3.88. The van der Waals surface area contributed by atoms with Crippen LogP contribution in [0.15, 0.2) is 5.16 Å². The molecule has 0 spiro atoms. The molecule has 0 saturated heterocycles. The second-order valence-electron chi connectivity index (χ2n) is 5.62. The number of rotatable bonds is 5. The molecule has 0 aliphatic heterocycles. The number of oxime groups is 1. The molecular weight excluding hydrogens is 346 g/mol. The lowest BCUT2D eigenvalue weighted by molar-refractivity contribution is 0.312. The summed E-state index contributed by atoms with van der Waals surface area (Å²) in [5, 5.41) is 4.16. The van der Waals surface area contributed by atoms with Crippen LogP contribution in [0.5, 0.6) is 6.01 Å². The van der Waals surface area contributed by atoms with E-state index in [0.717, 1.165) is 20.2 Å². The largest absolute Gasteiger partial charge is 0.352 e. The molecule has 0 amide bonds. The molecule has 2 rings (SSSR count). The van der Waals surface area contributed by atoms with Crippen molar-refractivity contribution in [2.75, 3.05) is 38.0 Å². The molecule has 0 bridgehead atoms. The van der Waals surface area contributed by atoms with E-state index >= 15 is 0 Å². The molecule has 0 saturated carbocycles. The van der Waals surface area contributed by atoms with Crippen LogP contribution in [-0.4, -0.2) is 53.4 Å². The summed E-state index contributed by atoms with van der Waals surface area (Å²) in [4.78, 5) is 22.8. The van der Waals surface area contributed by atoms with Crippen LogP contribution in [0.4, 0.5) is 11.9 Å². The van der Waals surface area contributed by atoms with Gasteiger partial charge in [-0.1, -0.05) is 5.16 Å². The van der Waals surface area contributed by atoms with Crippen LogP contribution in [0, 0.1) is 10.9 Å². The standard InChI is InChI=1S/C14H21N7OS2/c1-8(10-9(2)21(7)14(23)24-10)18-22-13-16-11(19(3)4)15-12(17-13)20(5)6/h1-7H3/b18-8+. The highest BCUT2D eigenvalue weighted by molar-refractivity contribution is 7.73. The second-order valence-corrected chi connectivity index (χ2v) is 7.26. The molecule has 0 aliphatic carbocycles. The van der Waals surface area contributed by atoms with Gasteiger partial charge in [0.15, 0.2) is 3.95 Å². The Hall–Kier alpha value is -2.07. The fourth-order valence-electron chi connectivity index (χ4n) is 1.78. The highest BCUT2D eigenvalue weighted by atomic mass is 32.1. The zero-order chi connectivity index (χ0) is 18.0. The lowest BCUT2D eigenvalue weighted by atomic mass is 10.3. The van der Waals surface area contributed by atoms with Crippen molar-refractivity contribution in [2.45, 2.75) is 13.8 Å². The average molecular weight is 368 g/mol. The monoisotopic (exact) mass is 367 g/mol. The van der Waals surface area contributed by atoms with Gasteiger partial charge in [-0.25, -0.2) is 0 Å². The van der Waals surface area contributed by atoms with Crippen molar-refractivity contribution in [1.29, 1.82) is 0 Å². The van der Waals surface area contributed by atoms with Gasteiger partial charge in [-0.3, -0.25) is 0 Å². The highest BCUT2D eigenvalue weighted by Gasteiger charge is 2.13. The lowest BCUT2D eigenvalue weighted by Crippen LogP contribution is -2.19. The van der Waals surface area contributed by atoms with Crippen molar-refractivity contribution in [2.24, 2.45) is 12.2 Å². The highest BCUT2D eigenvalue weighted by Crippen LogP contribution is 2.20. The summed E-state index contributed by atoms with van der Waals surface area (Å²) in [6.07, 6.45) is 0. The van der Waals surface area contributed by atoms with Gasteiger partial charge in [-0.15, -0.1) is 11.3 Å². The van der Waals surface area contributed by atoms with Gasteiger partial charge in [-0.05, 0) is 26.1 Å². The van der Waals surface area contributed by atoms with Crippen LogP contribution in [0.1, 0.15) is 17.5 Å². The van der Waals surface area contributed by atoms with E-state index in [4.69, 9.17) is 17.1 Å². The van der Waals surface area contributed by atoms with Crippen molar-refractivity contribution in [1.82, 2.24) is 19.5 Å². The predicted octanol–water partition coefficient (Wildman–Crippen LogP) is 2.24. The first-order chi connectivity index (χ1) is 11.2. The third-order valence-corrected chi connectivity index (χ3v) is 5.05. The summed E-state index contributed by atoms with van der Waals surface area (Å²) < 4.78 is 2.74. The summed E-state index contributed by atoms with van der Waals surface area (Å²) in [6, 6.07) is 0.147. The topological polar surface area (TPSA) is 71.7 Å². The maximum atomic E-state index is 5.44. The molecule has 0 N–H and O–H groups in total. The molecule has 0 radical (unpaired) electrons. The molecule has 8 nitrogen and oxygen atoms in total. The summed E-state index contributed by atoms with van der Waals surface area (Å²) in [5.41, 5.74) is 1.77. The minimum Gasteiger partial charge on any atom is -0.347 e. The molecule has 0 fully saturated rings. The van der Waals surface area contributed by atoms with E-state index in [1.165, 1.54) is 11.3 Å². The fourth-order valence-corrected chi connectivity index (χ4v) is 3.09. The first-order valence-corrected chi connectivity index (χ1v) is 8.42. The van der Waals surface area contributed by atoms with Gasteiger partial charge in [0.2, 0.25) is 11.9 Å². The van der Waals surface area contributed by atoms with Crippen LogP contribution < -0.4 is 14.6 Å². The van der Waals surface area contributed by atoms with Crippen molar-refractivity contribution in [3.63, 3.8) is 0 Å². The van der Waals surface area contributed by atoms with Crippen molar-refractivity contribution >= 4 is 41.2 Å². The Morgan fingerprint density at radius 2 is 1.67 bits per heavy atom. The zero-order valence-electron chi connectivity index (χ0n) is 14.9. The molecule has 2 aromatic heterocycles. The van der Waals surface area contributed by atoms with E-state index in [2.05, 4.69) is 20.1 Å². The molecule has 10 heteroatoms. The SMILES string of the molecule is C/C(=N\Oc1nc(N(C)C)nc(N(C)C)n1)c1sc(=S)n(C)c1C. The third-order valence-electron chi connectivity index (χ3n) is 3.28. The predicted molar refractivity (Wildman–Crippen MR) is 100 cm³/mol. The Morgan fingerprint density at radius 1 is 1.12 bits per heavy atom. The minimum atomic E-state index is 0.147. The average Bonchev–Trinajstić information content (AvgIpc) is 2.79. The molecule has 2 heterocycles. The first-order valence-electron chi connectivity index (χ1n) is 7.19. The fraction of sp³-hybridized carbons (Fsp3) is 0.500. The molecule has 0 aliphatic rings. The summed E-state index contributed by atoms with van der Waals surface area (Å²) in [6.45, 7) is 3.87. The molecule has 0 unspecified atom stereocenters. The molecule has 130 valence electrons. The normalized spacial score (nSPS) is 11.5. The Morgan fingerprint density at radius 3 is 2.08 bits per heavy atom. The van der Waals surface area contributed by atoms with Crippen molar-refractivity contribution in [3.05, 3.63) is 14.5 Å². The van der Waals surface area contributed by atoms with Gasteiger partial charge < -0.3 is 19.2 Å². The molecule has 0 atom stereocenters. The van der Waals surface area contributed by atoms with Gasteiger partial charge >= 0.3 is 6.01 Å². The van der Waals surface area contributed by atoms with Crippen LogP contribution in [0.2, 0.25) is 0 Å². The number of hydrogen-bond donors (Lipinski definition) is 0. The number of thiazole rings is 1. The van der Waals surface area contributed by atoms with Gasteiger partial charge in [0.25, 0.3) is 0 Å². The second kappa shape index (κ2) is 7.22. The summed E-state index contributed by atoms with van der Waals surface area (Å²) in [5.74, 6) is 1.01. The van der Waals surface area contributed by atoms with Crippen LogP contribution in [0.25, 0.3) is 0 Å². The van der Waals surface area contributed by atoms with Gasteiger partial charge in [0.05, 0.1) is 10.6 Å². The lowest BCUT2D eigenvalue weighted by Gasteiger charge is -2.15. The number of hydrogen-bond acceptors (Lipinski definition) is 9. The maximum absolute atomic E-state index is 5.44. The van der Waals surface area contributed by atoms with Crippen molar-refractivity contribution in [3.8, 4) is 6.01 Å². The number of aromatic nitrogens is 4. The smallest absolute Gasteiger partial charge is 0.347 e. The quantitative estimate of drug-likeness (QED) is 0.456. The summed E-state index contributed by atoms with van der Waals surface area (Å²) in [7, 11) is 9.35. The molecule has 2 aromatic rings. The Balaban J connectivity index is 2.33. The van der Waals surface area contributed by atoms with Gasteiger partial charge in [0, 0.05) is 40.9 Å². The van der Waals surface area contributed by atoms with E-state index in [-0.39, 0.29) is 6.01 Å². The number of anilines is 2. The minimum absolute atomic E-state index is 0.147. The van der Waals surface area contributed by atoms with Crippen molar-refractivity contribution < 1.29 is 4.84 Å². The molecule has 0 aromatic carbocycles. The Kier molecular flexibility index (Phi) is 5.50. The van der Waals surface area contributed by atoms with Gasteiger partial charge in [-0.2, -0.15) is 15.0 Å². The van der Waals surface area contributed by atoms with Crippen LogP contribution >= 0.6 is 23.6 Å². The molecular formula is C14H21N7OS2. The maximum Gasteiger partial charge on any atom is 0.352 e. The first kappa shape index (κ1) is 18.3. The zero-order valence-corrected chi connectivity index (χ0v) is 16.5. The van der Waals surface area contributed by atoms with E-state index in [0.29, 0.717) is 11.9 Å². The number of nitrogens with zero attached hydrogens (tertiary/aromatic N) is 7. The van der Waals surface area contributed by atoms with E-state index < -0.39 is 0 Å². The van der Waals surface area contributed by atoms with E-state index in [9.17, 15) is 0 Å². The molecule has 24 heavy (non-hydrogen) atoms. The Labute approximate surface area is 150 Å². The Bertz CT molecular complexity index is 797. The van der Waals surface area contributed by atoms with Crippen LogP contribution in [-0.2, 0) is 7.05 Å².